The summed E-state index contributed by atoms with van der Waals surface area (Å²) in [5.74, 6) is -0.996. The zero-order valence-electron chi connectivity index (χ0n) is 15.9. The number of ether oxygens (including phenoxy) is 1. The highest BCUT2D eigenvalue weighted by atomic mass is 35.5. The predicted octanol–water partition coefficient (Wildman–Crippen LogP) is 2.60. The number of fused-ring (bicyclic) bond motifs is 2. The lowest BCUT2D eigenvalue weighted by Gasteiger charge is -2.35. The number of nitrogens with zero attached hydrogens (tertiary/aromatic N) is 1. The average molecular weight is 424 g/mol. The zero-order valence-corrected chi connectivity index (χ0v) is 16.6. The Labute approximate surface area is 176 Å². The fourth-order valence-corrected chi connectivity index (χ4v) is 4.49. The van der Waals surface area contributed by atoms with Gasteiger partial charge in [-0.25, -0.2) is 0 Å². The topological polar surface area (TPSA) is 91.5 Å². The van der Waals surface area contributed by atoms with Gasteiger partial charge in [0.1, 0.15) is 12.2 Å². The first-order chi connectivity index (χ1) is 14.5. The molecule has 0 bridgehead atoms. The van der Waals surface area contributed by atoms with Crippen molar-refractivity contribution in [3.63, 3.8) is 0 Å². The molecule has 2 aromatic carbocycles. The smallest absolute Gasteiger partial charge is 0.326 e. The third kappa shape index (κ3) is 3.21. The van der Waals surface area contributed by atoms with Crippen LogP contribution in [0.25, 0.3) is 10.9 Å². The molecule has 0 unspecified atom stereocenters. The molecular weight excluding hydrogens is 406 g/mol. The third-order valence-electron chi connectivity index (χ3n) is 5.65. The molecule has 0 radical (unpaired) electrons. The first kappa shape index (κ1) is 18.7. The van der Waals surface area contributed by atoms with E-state index in [1.165, 1.54) is 4.90 Å². The molecule has 30 heavy (non-hydrogen) atoms. The number of benzene rings is 2. The molecule has 2 atom stereocenters. The van der Waals surface area contributed by atoms with E-state index in [2.05, 4.69) is 10.3 Å². The van der Waals surface area contributed by atoms with Crippen LogP contribution in [0.1, 0.15) is 27.7 Å². The van der Waals surface area contributed by atoms with Crippen molar-refractivity contribution in [2.24, 2.45) is 0 Å². The Morgan fingerprint density at radius 1 is 1.17 bits per heavy atom. The Morgan fingerprint density at radius 2 is 2.00 bits per heavy atom. The molecule has 0 saturated carbocycles. The molecule has 152 valence electrons. The van der Waals surface area contributed by atoms with Crippen LogP contribution < -0.4 is 5.32 Å². The van der Waals surface area contributed by atoms with Gasteiger partial charge in [-0.1, -0.05) is 35.9 Å². The maximum absolute atomic E-state index is 13.0. The van der Waals surface area contributed by atoms with Gasteiger partial charge in [0.15, 0.2) is 6.61 Å². The third-order valence-corrected chi connectivity index (χ3v) is 5.89. The molecular formula is C22H18ClN3O4. The second kappa shape index (κ2) is 7.18. The monoisotopic (exact) mass is 423 g/mol. The maximum atomic E-state index is 13.0. The highest BCUT2D eigenvalue weighted by Crippen LogP contribution is 2.37. The second-order valence-electron chi connectivity index (χ2n) is 7.52. The molecule has 1 saturated heterocycles. The van der Waals surface area contributed by atoms with Crippen molar-refractivity contribution in [3.05, 3.63) is 70.4 Å². The van der Waals surface area contributed by atoms with E-state index in [-0.39, 0.29) is 31.0 Å². The Morgan fingerprint density at radius 3 is 2.87 bits per heavy atom. The van der Waals surface area contributed by atoms with Crippen LogP contribution >= 0.6 is 11.6 Å². The Hall–Kier alpha value is -3.32. The number of carbonyl (C=O) groups is 3. The first-order valence-corrected chi connectivity index (χ1v) is 9.99. The molecule has 5 rings (SSSR count). The Kier molecular flexibility index (Phi) is 4.47. The maximum Gasteiger partial charge on any atom is 0.326 e. The quantitative estimate of drug-likeness (QED) is 0.633. The van der Waals surface area contributed by atoms with Crippen LogP contribution in [-0.2, 0) is 20.7 Å². The molecule has 1 aromatic heterocycles. The van der Waals surface area contributed by atoms with E-state index in [0.717, 1.165) is 22.0 Å². The van der Waals surface area contributed by atoms with Crippen LogP contribution in [0.15, 0.2) is 48.5 Å². The van der Waals surface area contributed by atoms with Gasteiger partial charge >= 0.3 is 5.97 Å². The molecule has 2 aliphatic rings. The fourth-order valence-electron chi connectivity index (χ4n) is 4.31. The number of hydrogen-bond donors (Lipinski definition) is 2. The molecule has 7 nitrogen and oxygen atoms in total. The molecule has 2 heterocycles. The number of hydrogen-bond acceptors (Lipinski definition) is 4. The summed E-state index contributed by atoms with van der Waals surface area (Å²) in [5.41, 5.74) is 3.20. The van der Waals surface area contributed by atoms with Gasteiger partial charge in [-0.15, -0.1) is 0 Å². The Bertz CT molecular complexity index is 1190. The molecule has 0 spiro atoms. The number of halogens is 1. The second-order valence-corrected chi connectivity index (χ2v) is 7.96. The summed E-state index contributed by atoms with van der Waals surface area (Å²) < 4.78 is 4.86. The lowest BCUT2D eigenvalue weighted by Crippen LogP contribution is -2.52. The number of H-pyrrole nitrogens is 1. The van der Waals surface area contributed by atoms with Crippen LogP contribution in [-0.4, -0.2) is 46.9 Å². The van der Waals surface area contributed by atoms with Gasteiger partial charge in [-0.2, -0.15) is 0 Å². The minimum atomic E-state index is -0.448. The molecule has 1 aliphatic heterocycles. The van der Waals surface area contributed by atoms with E-state index in [1.807, 2.05) is 30.3 Å². The standard InChI is InChI=1S/C22H18ClN3O4/c23-14-5-6-16-13(7-14)9-18(24-16)22(29)25-17-8-12-3-1-2-4-15(12)21(17)26-10-20(28)30-11-19(26)27/h1-7,9,17,21,24H,8,10-11H2,(H,25,29)/t17-,21+/m1/s1. The molecule has 8 heteroatoms. The lowest BCUT2D eigenvalue weighted by molar-refractivity contribution is -0.165. The number of cyclic esters (lactones) is 1. The van der Waals surface area contributed by atoms with Gasteiger partial charge in [0.25, 0.3) is 11.8 Å². The van der Waals surface area contributed by atoms with Crippen LogP contribution in [0.5, 0.6) is 0 Å². The highest BCUT2D eigenvalue weighted by Gasteiger charge is 2.42. The summed E-state index contributed by atoms with van der Waals surface area (Å²) >= 11 is 6.04. The van der Waals surface area contributed by atoms with Crippen LogP contribution in [0.2, 0.25) is 5.02 Å². The highest BCUT2D eigenvalue weighted by molar-refractivity contribution is 6.31. The van der Waals surface area contributed by atoms with Gasteiger partial charge in [0, 0.05) is 15.9 Å². The predicted molar refractivity (Wildman–Crippen MR) is 110 cm³/mol. The van der Waals surface area contributed by atoms with E-state index in [0.29, 0.717) is 17.1 Å². The summed E-state index contributed by atoms with van der Waals surface area (Å²) in [6, 6.07) is 14.1. The van der Waals surface area contributed by atoms with Crippen molar-refractivity contribution in [1.82, 2.24) is 15.2 Å². The number of carbonyl (C=O) groups excluding carboxylic acids is 3. The number of nitrogens with one attached hydrogen (secondary N) is 2. The first-order valence-electron chi connectivity index (χ1n) is 9.61. The number of rotatable bonds is 3. The molecule has 3 aromatic rings. The van der Waals surface area contributed by atoms with E-state index in [4.69, 9.17) is 16.3 Å². The van der Waals surface area contributed by atoms with Crippen LogP contribution in [0.4, 0.5) is 0 Å². The fraction of sp³-hybridized carbons (Fsp3) is 0.227. The van der Waals surface area contributed by atoms with Crippen molar-refractivity contribution in [2.45, 2.75) is 18.5 Å². The minimum Gasteiger partial charge on any atom is -0.454 e. The van der Waals surface area contributed by atoms with Crippen LogP contribution in [0, 0.1) is 0 Å². The molecule has 2 N–H and O–H groups in total. The van der Waals surface area contributed by atoms with Gasteiger partial charge in [-0.05, 0) is 41.8 Å². The van der Waals surface area contributed by atoms with Crippen molar-refractivity contribution in [3.8, 4) is 0 Å². The SMILES string of the molecule is O=C1CN([C@H]2c3ccccc3C[C@H]2NC(=O)c2cc3cc(Cl)ccc3[nH]2)C(=O)CO1. The van der Waals surface area contributed by atoms with Crippen molar-refractivity contribution in [1.29, 1.82) is 0 Å². The molecule has 2 amide bonds. The van der Waals surface area contributed by atoms with Gasteiger partial charge < -0.3 is 19.9 Å². The van der Waals surface area contributed by atoms with E-state index >= 15 is 0 Å². The average Bonchev–Trinajstić information content (AvgIpc) is 3.30. The zero-order chi connectivity index (χ0) is 20.8. The van der Waals surface area contributed by atoms with Crippen molar-refractivity contribution < 1.29 is 19.1 Å². The van der Waals surface area contributed by atoms with E-state index < -0.39 is 12.0 Å². The summed E-state index contributed by atoms with van der Waals surface area (Å²) in [6.45, 7) is -0.407. The summed E-state index contributed by atoms with van der Waals surface area (Å²) in [5, 5.41) is 4.48. The van der Waals surface area contributed by atoms with Crippen molar-refractivity contribution in [2.75, 3.05) is 13.2 Å². The Balaban J connectivity index is 1.45. The summed E-state index contributed by atoms with van der Waals surface area (Å²) in [6.07, 6.45) is 0.567. The van der Waals surface area contributed by atoms with Gasteiger partial charge in [0.05, 0.1) is 12.1 Å². The van der Waals surface area contributed by atoms with Gasteiger partial charge in [0.2, 0.25) is 0 Å². The van der Waals surface area contributed by atoms with E-state index in [9.17, 15) is 14.4 Å². The normalized spacial score (nSPS) is 20.9. The summed E-state index contributed by atoms with van der Waals surface area (Å²) in [7, 11) is 0. The molecule has 1 aliphatic carbocycles. The molecule has 1 fully saturated rings. The lowest BCUT2D eigenvalue weighted by atomic mass is 10.0. The number of esters is 1. The van der Waals surface area contributed by atoms with Crippen LogP contribution in [0.3, 0.4) is 0 Å². The van der Waals surface area contributed by atoms with E-state index in [1.54, 1.807) is 18.2 Å². The largest absolute Gasteiger partial charge is 0.454 e. The minimum absolute atomic E-state index is 0.130. The van der Waals surface area contributed by atoms with Crippen molar-refractivity contribution >= 4 is 40.3 Å². The number of morpholine rings is 1. The van der Waals surface area contributed by atoms with Gasteiger partial charge in [-0.3, -0.25) is 14.4 Å². The number of aromatic amines is 1. The number of amides is 2. The number of aromatic nitrogens is 1. The summed E-state index contributed by atoms with van der Waals surface area (Å²) in [4.78, 5) is 42.0.